The fourth-order valence-electron chi connectivity index (χ4n) is 4.71. The minimum atomic E-state index is -0.546. The Kier molecular flexibility index (Phi) is 11.6. The van der Waals surface area contributed by atoms with Gasteiger partial charge < -0.3 is 16.0 Å². The SMILES string of the molecule is CC(C)c1ccc(/C=C(/NC(=O)c2ccccc2)C(=O)Nc2cccc(SC(C(=O)Nc3ccc(I)cc3)c3ccccc3)c2)cc1. The minimum absolute atomic E-state index is 0.105. The van der Waals surface area contributed by atoms with Gasteiger partial charge in [-0.15, -0.1) is 11.8 Å². The van der Waals surface area contributed by atoms with Crippen molar-refractivity contribution in [2.75, 3.05) is 10.6 Å². The second-order valence-electron chi connectivity index (χ2n) is 11.1. The lowest BCUT2D eigenvalue weighted by Gasteiger charge is -2.18. The zero-order valence-electron chi connectivity index (χ0n) is 25.9. The van der Waals surface area contributed by atoms with Crippen LogP contribution >= 0.6 is 34.4 Å². The number of hydrogen-bond donors (Lipinski definition) is 3. The predicted octanol–water partition coefficient (Wildman–Crippen LogP) is 9.30. The topological polar surface area (TPSA) is 87.3 Å². The van der Waals surface area contributed by atoms with Gasteiger partial charge in [-0.2, -0.15) is 0 Å². The molecular weight excluding hydrogens is 717 g/mol. The summed E-state index contributed by atoms with van der Waals surface area (Å²) in [5.74, 6) is -0.650. The second-order valence-corrected chi connectivity index (χ2v) is 13.5. The summed E-state index contributed by atoms with van der Waals surface area (Å²) >= 11 is 3.62. The molecule has 0 spiro atoms. The number of rotatable bonds is 11. The number of carbonyl (C=O) groups is 3. The van der Waals surface area contributed by atoms with Gasteiger partial charge in [0.15, 0.2) is 0 Å². The van der Waals surface area contributed by atoms with E-state index in [-0.39, 0.29) is 17.5 Å². The van der Waals surface area contributed by atoms with Crippen LogP contribution in [0.3, 0.4) is 0 Å². The van der Waals surface area contributed by atoms with Crippen LogP contribution in [0.1, 0.15) is 52.1 Å². The van der Waals surface area contributed by atoms with Gasteiger partial charge in [0.25, 0.3) is 11.8 Å². The summed E-state index contributed by atoms with van der Waals surface area (Å²) in [7, 11) is 0. The molecule has 5 aromatic carbocycles. The molecule has 0 aromatic heterocycles. The highest BCUT2D eigenvalue weighted by Crippen LogP contribution is 2.37. The molecule has 0 saturated carbocycles. The second kappa shape index (κ2) is 16.2. The third-order valence-electron chi connectivity index (χ3n) is 7.24. The fraction of sp³-hybridized carbons (Fsp3) is 0.103. The number of thioether (sulfide) groups is 1. The van der Waals surface area contributed by atoms with E-state index < -0.39 is 11.2 Å². The van der Waals surface area contributed by atoms with E-state index in [1.165, 1.54) is 17.3 Å². The van der Waals surface area contributed by atoms with Gasteiger partial charge in [0, 0.05) is 25.4 Å². The zero-order chi connectivity index (χ0) is 33.2. The molecule has 0 aliphatic rings. The molecule has 6 nitrogen and oxygen atoms in total. The highest BCUT2D eigenvalue weighted by atomic mass is 127. The minimum Gasteiger partial charge on any atom is -0.325 e. The molecule has 0 aliphatic carbocycles. The molecule has 1 unspecified atom stereocenters. The smallest absolute Gasteiger partial charge is 0.272 e. The van der Waals surface area contributed by atoms with Crippen molar-refractivity contribution in [2.24, 2.45) is 0 Å². The van der Waals surface area contributed by atoms with Gasteiger partial charge in [-0.3, -0.25) is 14.4 Å². The largest absolute Gasteiger partial charge is 0.325 e. The third kappa shape index (κ3) is 9.67. The average molecular weight is 752 g/mol. The van der Waals surface area contributed by atoms with E-state index in [9.17, 15) is 14.4 Å². The van der Waals surface area contributed by atoms with Gasteiger partial charge in [-0.05, 0) is 106 Å². The van der Waals surface area contributed by atoms with Crippen molar-refractivity contribution in [1.29, 1.82) is 0 Å². The Bertz CT molecular complexity index is 1860. The van der Waals surface area contributed by atoms with Crippen molar-refractivity contribution in [3.63, 3.8) is 0 Å². The van der Waals surface area contributed by atoms with Crippen molar-refractivity contribution < 1.29 is 14.4 Å². The Balaban J connectivity index is 1.37. The number of nitrogens with one attached hydrogen (secondary N) is 3. The maximum atomic E-state index is 13.7. The lowest BCUT2D eigenvalue weighted by molar-refractivity contribution is -0.116. The van der Waals surface area contributed by atoms with Gasteiger partial charge in [-0.1, -0.05) is 92.7 Å². The van der Waals surface area contributed by atoms with E-state index in [1.54, 1.807) is 36.4 Å². The zero-order valence-corrected chi connectivity index (χ0v) is 28.9. The normalized spacial score (nSPS) is 11.9. The Morgan fingerprint density at radius 2 is 1.34 bits per heavy atom. The van der Waals surface area contributed by atoms with Crippen LogP contribution in [0.5, 0.6) is 0 Å². The first-order valence-electron chi connectivity index (χ1n) is 15.1. The van der Waals surface area contributed by atoms with Crippen molar-refractivity contribution >= 4 is 69.5 Å². The predicted molar refractivity (Wildman–Crippen MR) is 200 cm³/mol. The van der Waals surface area contributed by atoms with Crippen LogP contribution in [0.25, 0.3) is 6.08 Å². The Labute approximate surface area is 293 Å². The summed E-state index contributed by atoms with van der Waals surface area (Å²) in [6, 6.07) is 41.2. The summed E-state index contributed by atoms with van der Waals surface area (Å²) in [6.07, 6.45) is 1.67. The first-order valence-corrected chi connectivity index (χ1v) is 17.1. The van der Waals surface area contributed by atoms with Crippen LogP contribution < -0.4 is 16.0 Å². The maximum Gasteiger partial charge on any atom is 0.272 e. The van der Waals surface area contributed by atoms with Crippen molar-refractivity contribution in [3.8, 4) is 0 Å². The van der Waals surface area contributed by atoms with E-state index in [0.29, 0.717) is 22.9 Å². The highest BCUT2D eigenvalue weighted by Gasteiger charge is 2.23. The third-order valence-corrected chi connectivity index (χ3v) is 9.21. The van der Waals surface area contributed by atoms with E-state index in [0.717, 1.165) is 19.6 Å². The van der Waals surface area contributed by atoms with E-state index >= 15 is 0 Å². The Hall–Kier alpha value is -4.67. The average Bonchev–Trinajstić information content (AvgIpc) is 3.09. The summed E-state index contributed by atoms with van der Waals surface area (Å²) in [5.41, 5.74) is 4.60. The Morgan fingerprint density at radius 1 is 0.681 bits per heavy atom. The standard InChI is InChI=1S/C39H34IN3O3S/c1-26(2)28-18-16-27(17-19-28)24-35(43-37(44)30-12-7-4-8-13-30)38(45)42-33-14-9-15-34(25-33)47-36(29-10-5-3-6-11-29)39(46)41-32-22-20-31(40)21-23-32/h3-26,36H,1-2H3,(H,41,46)(H,42,45)(H,43,44)/b35-24+. The molecule has 3 N–H and O–H groups in total. The lowest BCUT2D eigenvalue weighted by Crippen LogP contribution is -2.30. The molecule has 0 aliphatic heterocycles. The van der Waals surface area contributed by atoms with Gasteiger partial charge in [0.05, 0.1) is 0 Å². The molecule has 0 saturated heterocycles. The molecule has 0 heterocycles. The maximum absolute atomic E-state index is 13.7. The molecule has 236 valence electrons. The molecule has 3 amide bonds. The molecule has 0 bridgehead atoms. The number of hydrogen-bond acceptors (Lipinski definition) is 4. The first kappa shape index (κ1) is 33.7. The van der Waals surface area contributed by atoms with E-state index in [2.05, 4.69) is 52.4 Å². The van der Waals surface area contributed by atoms with Crippen LogP contribution in [-0.4, -0.2) is 17.7 Å². The molecule has 1 atom stereocenters. The molecule has 5 aromatic rings. The molecule has 47 heavy (non-hydrogen) atoms. The van der Waals surface area contributed by atoms with Crippen molar-refractivity contribution in [2.45, 2.75) is 29.9 Å². The highest BCUT2D eigenvalue weighted by molar-refractivity contribution is 14.1. The summed E-state index contributed by atoms with van der Waals surface area (Å²) in [5, 5.41) is 8.23. The number of amides is 3. The van der Waals surface area contributed by atoms with Gasteiger partial charge in [0.1, 0.15) is 10.9 Å². The molecule has 5 rings (SSSR count). The molecule has 0 fully saturated rings. The number of anilines is 2. The van der Waals surface area contributed by atoms with E-state index in [4.69, 9.17) is 0 Å². The molecular formula is C39H34IN3O3S. The van der Waals surface area contributed by atoms with Crippen LogP contribution in [0.15, 0.2) is 144 Å². The van der Waals surface area contributed by atoms with Crippen molar-refractivity contribution in [1.82, 2.24) is 5.32 Å². The van der Waals surface area contributed by atoms with E-state index in [1.807, 2.05) is 103 Å². The van der Waals surface area contributed by atoms with Crippen LogP contribution in [0.4, 0.5) is 11.4 Å². The van der Waals surface area contributed by atoms with Gasteiger partial charge in [0.2, 0.25) is 5.91 Å². The Morgan fingerprint density at radius 3 is 2.00 bits per heavy atom. The number of halogens is 1. The van der Waals surface area contributed by atoms with Crippen LogP contribution in [-0.2, 0) is 9.59 Å². The number of benzene rings is 5. The van der Waals surface area contributed by atoms with Crippen LogP contribution in [0.2, 0.25) is 0 Å². The monoisotopic (exact) mass is 751 g/mol. The van der Waals surface area contributed by atoms with Crippen LogP contribution in [0, 0.1) is 3.57 Å². The fourth-order valence-corrected chi connectivity index (χ4v) is 6.15. The quantitative estimate of drug-likeness (QED) is 0.0714. The number of carbonyl (C=O) groups excluding carboxylic acids is 3. The van der Waals surface area contributed by atoms with Gasteiger partial charge in [-0.25, -0.2) is 0 Å². The summed E-state index contributed by atoms with van der Waals surface area (Å²) in [4.78, 5) is 41.1. The molecule has 0 radical (unpaired) electrons. The van der Waals surface area contributed by atoms with Gasteiger partial charge >= 0.3 is 0 Å². The lowest BCUT2D eigenvalue weighted by atomic mass is 10.0. The first-order chi connectivity index (χ1) is 22.7. The van der Waals surface area contributed by atoms with Crippen molar-refractivity contribution in [3.05, 3.63) is 165 Å². The molecule has 8 heteroatoms. The summed E-state index contributed by atoms with van der Waals surface area (Å²) in [6.45, 7) is 4.24. The summed E-state index contributed by atoms with van der Waals surface area (Å²) < 4.78 is 1.08.